The molecule has 1 fully saturated rings. The number of hydrogen-bond acceptors (Lipinski definition) is 3. The molecule has 0 aromatic rings. The van der Waals surface area contributed by atoms with Crippen LogP contribution in [0.4, 0.5) is 0 Å². The van der Waals surface area contributed by atoms with Crippen LogP contribution >= 0.6 is 0 Å². The molecule has 0 aromatic carbocycles. The van der Waals surface area contributed by atoms with Crippen molar-refractivity contribution in [1.82, 2.24) is 0 Å². The first kappa shape index (κ1) is 11.7. The van der Waals surface area contributed by atoms with Crippen LogP contribution in [0.25, 0.3) is 0 Å². The SMILES string of the molecule is CC(C)=C1OC(=C(C)C)OC(=C(C)C)O1. The molecule has 0 saturated carbocycles. The third-order valence-electron chi connectivity index (χ3n) is 1.78. The van der Waals surface area contributed by atoms with Gasteiger partial charge in [0.15, 0.2) is 0 Å². The number of allylic oxidation sites excluding steroid dienone is 3. The minimum absolute atomic E-state index is 0.508. The lowest BCUT2D eigenvalue weighted by Crippen LogP contribution is -2.13. The molecule has 0 N–H and O–H groups in total. The Morgan fingerprint density at radius 3 is 0.867 bits per heavy atom. The average Bonchev–Trinajstić information content (AvgIpc) is 2.16. The molecule has 0 radical (unpaired) electrons. The molecular weight excluding hydrogens is 192 g/mol. The Labute approximate surface area is 91.0 Å². The van der Waals surface area contributed by atoms with Gasteiger partial charge in [-0.1, -0.05) is 0 Å². The molecule has 0 aliphatic carbocycles. The zero-order chi connectivity index (χ0) is 11.6. The van der Waals surface area contributed by atoms with Crippen molar-refractivity contribution in [3.63, 3.8) is 0 Å². The number of ether oxygens (including phenoxy) is 3. The van der Waals surface area contributed by atoms with Gasteiger partial charge in [-0.15, -0.1) is 0 Å². The quantitative estimate of drug-likeness (QED) is 0.608. The summed E-state index contributed by atoms with van der Waals surface area (Å²) in [6.07, 6.45) is 0. The van der Waals surface area contributed by atoms with E-state index in [1.807, 2.05) is 41.5 Å². The predicted octanol–water partition coefficient (Wildman–Crippen LogP) is 3.80. The summed E-state index contributed by atoms with van der Waals surface area (Å²) < 4.78 is 16.4. The Morgan fingerprint density at radius 1 is 0.533 bits per heavy atom. The van der Waals surface area contributed by atoms with Crippen molar-refractivity contribution >= 4 is 0 Å². The van der Waals surface area contributed by atoms with Crippen LogP contribution in [0.1, 0.15) is 41.5 Å². The van der Waals surface area contributed by atoms with Crippen LogP contribution in [0.5, 0.6) is 0 Å². The van der Waals surface area contributed by atoms with Crippen LogP contribution in [0.2, 0.25) is 0 Å². The topological polar surface area (TPSA) is 27.7 Å². The average molecular weight is 210 g/mol. The third-order valence-corrected chi connectivity index (χ3v) is 1.78. The van der Waals surface area contributed by atoms with Crippen molar-refractivity contribution in [2.75, 3.05) is 0 Å². The molecule has 0 bridgehead atoms. The molecule has 0 unspecified atom stereocenters. The van der Waals surface area contributed by atoms with E-state index in [0.717, 1.165) is 16.7 Å². The van der Waals surface area contributed by atoms with E-state index in [1.54, 1.807) is 0 Å². The van der Waals surface area contributed by atoms with Gasteiger partial charge in [0.1, 0.15) is 0 Å². The van der Waals surface area contributed by atoms with Gasteiger partial charge in [0.2, 0.25) is 0 Å². The lowest BCUT2D eigenvalue weighted by atomic mass is 10.3. The van der Waals surface area contributed by atoms with E-state index < -0.39 is 0 Å². The van der Waals surface area contributed by atoms with Crippen molar-refractivity contribution in [1.29, 1.82) is 0 Å². The first-order valence-corrected chi connectivity index (χ1v) is 4.97. The Hall–Kier alpha value is -1.38. The van der Waals surface area contributed by atoms with Crippen LogP contribution in [0, 0.1) is 0 Å². The Balaban J connectivity index is 3.10. The van der Waals surface area contributed by atoms with Crippen LogP contribution in [0.3, 0.4) is 0 Å². The second-order valence-corrected chi connectivity index (χ2v) is 4.17. The molecule has 1 rings (SSSR count). The highest BCUT2D eigenvalue weighted by Crippen LogP contribution is 2.29. The number of rotatable bonds is 0. The standard InChI is InChI=1S/C12H18O3/c1-7(2)10-13-11(8(3)4)15-12(14-10)9(5)6/h1-6H3. The van der Waals surface area contributed by atoms with Gasteiger partial charge >= 0.3 is 0 Å². The van der Waals surface area contributed by atoms with E-state index in [1.165, 1.54) is 0 Å². The van der Waals surface area contributed by atoms with Gasteiger partial charge in [-0.2, -0.15) is 0 Å². The maximum Gasteiger partial charge on any atom is 0.293 e. The molecule has 0 atom stereocenters. The second-order valence-electron chi connectivity index (χ2n) is 4.17. The second kappa shape index (κ2) is 4.43. The van der Waals surface area contributed by atoms with Gasteiger partial charge in [0, 0.05) is 16.7 Å². The summed E-state index contributed by atoms with van der Waals surface area (Å²) in [5.41, 5.74) is 2.95. The fraction of sp³-hybridized carbons (Fsp3) is 0.500. The highest BCUT2D eigenvalue weighted by Gasteiger charge is 2.22. The lowest BCUT2D eigenvalue weighted by molar-refractivity contribution is -0.0831. The van der Waals surface area contributed by atoms with E-state index in [4.69, 9.17) is 14.2 Å². The minimum Gasteiger partial charge on any atom is -0.392 e. The number of hydrogen-bond donors (Lipinski definition) is 0. The lowest BCUT2D eigenvalue weighted by Gasteiger charge is -2.24. The maximum absolute atomic E-state index is 5.47. The summed E-state index contributed by atoms with van der Waals surface area (Å²) >= 11 is 0. The molecule has 15 heavy (non-hydrogen) atoms. The normalized spacial score (nSPS) is 15.2. The molecule has 84 valence electrons. The monoisotopic (exact) mass is 210 g/mol. The first-order valence-electron chi connectivity index (χ1n) is 4.97. The van der Waals surface area contributed by atoms with Crippen molar-refractivity contribution in [3.8, 4) is 0 Å². The first-order chi connectivity index (χ1) is 6.91. The van der Waals surface area contributed by atoms with Crippen molar-refractivity contribution in [2.24, 2.45) is 0 Å². The Kier molecular flexibility index (Phi) is 3.45. The molecule has 1 saturated heterocycles. The van der Waals surface area contributed by atoms with Crippen molar-refractivity contribution in [2.45, 2.75) is 41.5 Å². The van der Waals surface area contributed by atoms with Crippen LogP contribution in [-0.2, 0) is 14.2 Å². The summed E-state index contributed by atoms with van der Waals surface area (Å²) in [4.78, 5) is 0. The van der Waals surface area contributed by atoms with Crippen LogP contribution < -0.4 is 0 Å². The fourth-order valence-electron chi connectivity index (χ4n) is 0.927. The van der Waals surface area contributed by atoms with Gasteiger partial charge in [0.05, 0.1) is 0 Å². The molecule has 3 nitrogen and oxygen atoms in total. The minimum atomic E-state index is 0.508. The van der Waals surface area contributed by atoms with Crippen LogP contribution in [0.15, 0.2) is 34.6 Å². The summed E-state index contributed by atoms with van der Waals surface area (Å²) in [6, 6.07) is 0. The maximum atomic E-state index is 5.47. The van der Waals surface area contributed by atoms with Gasteiger partial charge in [-0.25, -0.2) is 0 Å². The van der Waals surface area contributed by atoms with Crippen molar-refractivity contribution in [3.05, 3.63) is 34.6 Å². The van der Waals surface area contributed by atoms with Gasteiger partial charge in [-0.3, -0.25) is 0 Å². The Morgan fingerprint density at radius 2 is 0.733 bits per heavy atom. The Bertz CT molecular complexity index is 278. The predicted molar refractivity (Wildman–Crippen MR) is 58.4 cm³/mol. The molecule has 1 aliphatic rings. The fourth-order valence-corrected chi connectivity index (χ4v) is 0.927. The zero-order valence-corrected chi connectivity index (χ0v) is 10.2. The van der Waals surface area contributed by atoms with Crippen molar-refractivity contribution < 1.29 is 14.2 Å². The summed E-state index contributed by atoms with van der Waals surface area (Å²) in [7, 11) is 0. The van der Waals surface area contributed by atoms with Gasteiger partial charge in [-0.05, 0) is 41.5 Å². The summed E-state index contributed by atoms with van der Waals surface area (Å²) in [5.74, 6) is 1.52. The smallest absolute Gasteiger partial charge is 0.293 e. The summed E-state index contributed by atoms with van der Waals surface area (Å²) in [5, 5.41) is 0. The van der Waals surface area contributed by atoms with Gasteiger partial charge in [0.25, 0.3) is 17.8 Å². The van der Waals surface area contributed by atoms with E-state index in [9.17, 15) is 0 Å². The highest BCUT2D eigenvalue weighted by molar-refractivity contribution is 5.12. The van der Waals surface area contributed by atoms with E-state index in [2.05, 4.69) is 0 Å². The molecular formula is C12H18O3. The molecule has 0 aromatic heterocycles. The van der Waals surface area contributed by atoms with Crippen LogP contribution in [-0.4, -0.2) is 0 Å². The molecule has 3 heteroatoms. The molecule has 1 heterocycles. The zero-order valence-electron chi connectivity index (χ0n) is 10.2. The van der Waals surface area contributed by atoms with E-state index >= 15 is 0 Å². The van der Waals surface area contributed by atoms with E-state index in [0.29, 0.717) is 17.8 Å². The highest BCUT2D eigenvalue weighted by atomic mass is 16.8. The largest absolute Gasteiger partial charge is 0.392 e. The van der Waals surface area contributed by atoms with E-state index in [-0.39, 0.29) is 0 Å². The molecule has 0 spiro atoms. The summed E-state index contributed by atoms with van der Waals surface area (Å²) in [6.45, 7) is 11.6. The molecule has 0 amide bonds. The third kappa shape index (κ3) is 2.78. The molecule has 1 aliphatic heterocycles. The van der Waals surface area contributed by atoms with Gasteiger partial charge < -0.3 is 14.2 Å².